The van der Waals surface area contributed by atoms with Crippen LogP contribution < -0.4 is 4.74 Å². The molecule has 0 spiro atoms. The van der Waals surface area contributed by atoms with E-state index in [2.05, 4.69) is 30.9 Å². The molecule has 1 heterocycles. The summed E-state index contributed by atoms with van der Waals surface area (Å²) < 4.78 is 5.24. The summed E-state index contributed by atoms with van der Waals surface area (Å²) in [5.74, 6) is 1.59. The van der Waals surface area contributed by atoms with Gasteiger partial charge in [-0.2, -0.15) is 0 Å². The van der Waals surface area contributed by atoms with E-state index >= 15 is 0 Å². The van der Waals surface area contributed by atoms with E-state index in [0.717, 1.165) is 51.2 Å². The molecule has 2 rings (SSSR count). The number of piperidine rings is 1. The third-order valence-electron chi connectivity index (χ3n) is 5.48. The van der Waals surface area contributed by atoms with Crippen molar-refractivity contribution in [2.75, 3.05) is 47.4 Å². The minimum atomic E-state index is 0. The van der Waals surface area contributed by atoms with Crippen molar-refractivity contribution in [3.05, 3.63) is 29.8 Å². The van der Waals surface area contributed by atoms with Crippen LogP contribution in [-0.4, -0.2) is 74.2 Å². The number of carbonyl (C=O) groups is 1. The van der Waals surface area contributed by atoms with Gasteiger partial charge in [-0.05, 0) is 56.3 Å². The standard InChI is InChI=1S/C21H35N3O2.ClH/c1-6-23(17(2)15-18-7-9-20(26-5)10-8-18)16-19-11-13-24(14-12-19)21(25)22(3)4;/h7-10,17,19H,6,11-16H2,1-5H3;1H. The van der Waals surface area contributed by atoms with Crippen LogP contribution in [-0.2, 0) is 6.42 Å². The van der Waals surface area contributed by atoms with E-state index in [1.165, 1.54) is 5.56 Å². The van der Waals surface area contributed by atoms with Crippen molar-refractivity contribution < 1.29 is 9.53 Å². The van der Waals surface area contributed by atoms with Crippen molar-refractivity contribution in [1.29, 1.82) is 0 Å². The Morgan fingerprint density at radius 2 is 1.81 bits per heavy atom. The Kier molecular flexibility index (Phi) is 9.95. The minimum absolute atomic E-state index is 0. The second-order valence-electron chi connectivity index (χ2n) is 7.60. The lowest BCUT2D eigenvalue weighted by molar-refractivity contribution is 0.120. The van der Waals surface area contributed by atoms with Gasteiger partial charge in [0.05, 0.1) is 7.11 Å². The van der Waals surface area contributed by atoms with Gasteiger partial charge in [0, 0.05) is 39.8 Å². The highest BCUT2D eigenvalue weighted by Gasteiger charge is 2.26. The number of likely N-dealkylation sites (N-methyl/N-ethyl adjacent to an activating group) is 1. The number of carbonyl (C=O) groups excluding carboxylic acids is 1. The number of urea groups is 1. The van der Waals surface area contributed by atoms with Crippen LogP contribution in [0.5, 0.6) is 5.75 Å². The van der Waals surface area contributed by atoms with Crippen molar-refractivity contribution >= 4 is 18.4 Å². The highest BCUT2D eigenvalue weighted by molar-refractivity contribution is 5.85. The van der Waals surface area contributed by atoms with Crippen LogP contribution in [0.15, 0.2) is 24.3 Å². The van der Waals surface area contributed by atoms with Crippen molar-refractivity contribution in [2.24, 2.45) is 5.92 Å². The molecule has 1 atom stereocenters. The summed E-state index contributed by atoms with van der Waals surface area (Å²) in [7, 11) is 5.36. The molecule has 1 aliphatic rings. The average molecular weight is 398 g/mol. The lowest BCUT2D eigenvalue weighted by atomic mass is 9.95. The smallest absolute Gasteiger partial charge is 0.319 e. The molecule has 27 heavy (non-hydrogen) atoms. The Morgan fingerprint density at radius 3 is 2.30 bits per heavy atom. The van der Waals surface area contributed by atoms with Crippen LogP contribution in [0.2, 0.25) is 0 Å². The maximum absolute atomic E-state index is 12.1. The van der Waals surface area contributed by atoms with Crippen molar-refractivity contribution in [2.45, 2.75) is 39.2 Å². The lowest BCUT2D eigenvalue weighted by Gasteiger charge is -2.37. The van der Waals surface area contributed by atoms with Crippen LogP contribution in [0, 0.1) is 5.92 Å². The number of nitrogens with zero attached hydrogens (tertiary/aromatic N) is 3. The summed E-state index contributed by atoms with van der Waals surface area (Å²) in [6, 6.07) is 9.05. The number of hydrogen-bond acceptors (Lipinski definition) is 3. The molecule has 6 heteroatoms. The summed E-state index contributed by atoms with van der Waals surface area (Å²) in [6.45, 7) is 8.51. The first-order valence-corrected chi connectivity index (χ1v) is 9.77. The molecule has 1 unspecified atom stereocenters. The fourth-order valence-corrected chi connectivity index (χ4v) is 3.77. The number of rotatable bonds is 7. The Balaban J connectivity index is 0.00000364. The fraction of sp³-hybridized carbons (Fsp3) is 0.667. The summed E-state index contributed by atoms with van der Waals surface area (Å²) in [5.41, 5.74) is 1.35. The first kappa shape index (κ1) is 23.6. The lowest BCUT2D eigenvalue weighted by Crippen LogP contribution is -2.46. The molecule has 154 valence electrons. The van der Waals surface area contributed by atoms with Gasteiger partial charge in [-0.3, -0.25) is 0 Å². The van der Waals surface area contributed by atoms with Crippen molar-refractivity contribution in [3.8, 4) is 5.75 Å². The Bertz CT molecular complexity index is 557. The van der Waals surface area contributed by atoms with Gasteiger partial charge in [0.15, 0.2) is 0 Å². The Hall–Kier alpha value is -1.46. The van der Waals surface area contributed by atoms with Crippen molar-refractivity contribution in [3.63, 3.8) is 0 Å². The topological polar surface area (TPSA) is 36.0 Å². The van der Waals surface area contributed by atoms with Gasteiger partial charge in [-0.15, -0.1) is 12.4 Å². The molecule has 0 aliphatic carbocycles. The number of methoxy groups -OCH3 is 1. The van der Waals surface area contributed by atoms with Crippen LogP contribution >= 0.6 is 12.4 Å². The second kappa shape index (κ2) is 11.4. The molecule has 1 fully saturated rings. The molecule has 0 radical (unpaired) electrons. The summed E-state index contributed by atoms with van der Waals surface area (Å²) >= 11 is 0. The fourth-order valence-electron chi connectivity index (χ4n) is 3.77. The molecular formula is C21H36ClN3O2. The number of benzene rings is 1. The Morgan fingerprint density at radius 1 is 1.22 bits per heavy atom. The quantitative estimate of drug-likeness (QED) is 0.702. The molecular weight excluding hydrogens is 362 g/mol. The Labute approximate surface area is 171 Å². The van der Waals surface area contributed by atoms with E-state index in [9.17, 15) is 4.79 Å². The summed E-state index contributed by atoms with van der Waals surface area (Å²) in [4.78, 5) is 18.3. The number of halogens is 1. The van der Waals surface area contributed by atoms with E-state index in [1.54, 1.807) is 12.0 Å². The molecule has 1 aliphatic heterocycles. The average Bonchev–Trinajstić information content (AvgIpc) is 2.66. The predicted octanol–water partition coefficient (Wildman–Crippen LogP) is 3.76. The molecule has 0 aromatic heterocycles. The molecule has 1 aromatic carbocycles. The molecule has 1 aromatic rings. The third kappa shape index (κ3) is 6.89. The monoisotopic (exact) mass is 397 g/mol. The predicted molar refractivity (Wildman–Crippen MR) is 114 cm³/mol. The first-order valence-electron chi connectivity index (χ1n) is 9.77. The highest BCUT2D eigenvalue weighted by atomic mass is 35.5. The number of amides is 2. The van der Waals surface area contributed by atoms with Crippen molar-refractivity contribution in [1.82, 2.24) is 14.7 Å². The zero-order chi connectivity index (χ0) is 19.1. The molecule has 0 saturated carbocycles. The summed E-state index contributed by atoms with van der Waals surface area (Å²) in [6.07, 6.45) is 3.26. The van der Waals surface area contributed by atoms with E-state index in [-0.39, 0.29) is 18.4 Å². The van der Waals surface area contributed by atoms with Crippen LogP contribution in [0.4, 0.5) is 4.79 Å². The van der Waals surface area contributed by atoms with Crippen LogP contribution in [0.3, 0.4) is 0 Å². The molecule has 0 bridgehead atoms. The zero-order valence-corrected chi connectivity index (χ0v) is 18.3. The molecule has 0 N–H and O–H groups in total. The largest absolute Gasteiger partial charge is 0.497 e. The zero-order valence-electron chi connectivity index (χ0n) is 17.5. The highest BCUT2D eigenvalue weighted by Crippen LogP contribution is 2.21. The SMILES string of the molecule is CCN(CC1CCN(C(=O)N(C)C)CC1)C(C)Cc1ccc(OC)cc1.Cl. The minimum Gasteiger partial charge on any atom is -0.497 e. The van der Waals surface area contributed by atoms with Crippen LogP contribution in [0.25, 0.3) is 0 Å². The second-order valence-corrected chi connectivity index (χ2v) is 7.60. The molecule has 1 saturated heterocycles. The van der Waals surface area contributed by atoms with Gasteiger partial charge in [-0.1, -0.05) is 19.1 Å². The van der Waals surface area contributed by atoms with Gasteiger partial charge >= 0.3 is 6.03 Å². The first-order chi connectivity index (χ1) is 12.4. The number of likely N-dealkylation sites (tertiary alicyclic amines) is 1. The summed E-state index contributed by atoms with van der Waals surface area (Å²) in [5, 5.41) is 0. The van der Waals surface area contributed by atoms with E-state index in [1.807, 2.05) is 31.1 Å². The maximum Gasteiger partial charge on any atom is 0.319 e. The molecule has 2 amide bonds. The number of ether oxygens (including phenoxy) is 1. The van der Waals surface area contributed by atoms with E-state index in [0.29, 0.717) is 12.0 Å². The van der Waals surface area contributed by atoms with Gasteiger partial charge in [0.1, 0.15) is 5.75 Å². The van der Waals surface area contributed by atoms with E-state index < -0.39 is 0 Å². The molecule has 5 nitrogen and oxygen atoms in total. The van der Waals surface area contributed by atoms with E-state index in [4.69, 9.17) is 4.74 Å². The van der Waals surface area contributed by atoms with Gasteiger partial charge < -0.3 is 19.4 Å². The maximum atomic E-state index is 12.1. The van der Waals surface area contributed by atoms with Gasteiger partial charge in [0.2, 0.25) is 0 Å². The van der Waals surface area contributed by atoms with Gasteiger partial charge in [-0.25, -0.2) is 4.79 Å². The van der Waals surface area contributed by atoms with Crippen LogP contribution in [0.1, 0.15) is 32.3 Å². The number of hydrogen-bond donors (Lipinski definition) is 0. The third-order valence-corrected chi connectivity index (χ3v) is 5.48. The van der Waals surface area contributed by atoms with Gasteiger partial charge in [0.25, 0.3) is 0 Å². The normalized spacial score (nSPS) is 16.0.